The molecule has 1 heterocycles. The Kier molecular flexibility index (Phi) is 5.89. The average molecular weight is 421 g/mol. The van der Waals surface area contributed by atoms with E-state index in [0.717, 1.165) is 39.1 Å². The first-order valence-corrected chi connectivity index (χ1v) is 8.44. The minimum atomic E-state index is 0.721. The van der Waals surface area contributed by atoms with Gasteiger partial charge in [0.15, 0.2) is 11.5 Å². The molecule has 0 fully saturated rings. The molecule has 3 nitrogen and oxygen atoms in total. The van der Waals surface area contributed by atoms with Gasteiger partial charge in [-0.2, -0.15) is 0 Å². The fourth-order valence-electron chi connectivity index (χ4n) is 1.85. The first-order valence-electron chi connectivity index (χ1n) is 5.98. The quantitative estimate of drug-likeness (QED) is 0.741. The lowest BCUT2D eigenvalue weighted by Crippen LogP contribution is -2.12. The lowest BCUT2D eigenvalue weighted by Gasteiger charge is -2.12. The Bertz CT molecular complexity index is 587. The fourth-order valence-corrected chi connectivity index (χ4v) is 3.92. The van der Waals surface area contributed by atoms with Crippen molar-refractivity contribution in [1.29, 1.82) is 0 Å². The highest BCUT2D eigenvalue weighted by Crippen LogP contribution is 2.36. The third kappa shape index (κ3) is 3.97. The zero-order valence-electron chi connectivity index (χ0n) is 11.2. The third-order valence-corrected chi connectivity index (χ3v) is 5.03. The molecule has 2 aromatic rings. The highest BCUT2D eigenvalue weighted by Gasteiger charge is 2.10. The summed E-state index contributed by atoms with van der Waals surface area (Å²) in [6.45, 7) is 1.62. The summed E-state index contributed by atoms with van der Waals surface area (Å²) in [6, 6.07) is 6.15. The molecule has 1 N–H and O–H groups in total. The Morgan fingerprint density at radius 2 is 1.90 bits per heavy atom. The van der Waals surface area contributed by atoms with E-state index in [1.165, 1.54) is 4.88 Å². The number of ether oxygens (including phenoxy) is 2. The lowest BCUT2D eigenvalue weighted by molar-refractivity contribution is 0.352. The van der Waals surface area contributed by atoms with E-state index in [1.54, 1.807) is 25.6 Å². The Hall–Kier alpha value is -0.560. The van der Waals surface area contributed by atoms with Crippen LogP contribution in [0.3, 0.4) is 0 Å². The van der Waals surface area contributed by atoms with Crippen LogP contribution < -0.4 is 14.8 Å². The second kappa shape index (κ2) is 7.45. The number of thiophene rings is 1. The normalized spacial score (nSPS) is 10.6. The molecule has 6 heteroatoms. The lowest BCUT2D eigenvalue weighted by atomic mass is 10.2. The zero-order chi connectivity index (χ0) is 14.5. The number of rotatable bonds is 6. The van der Waals surface area contributed by atoms with Gasteiger partial charge in [0.05, 0.1) is 18.7 Å². The van der Waals surface area contributed by atoms with E-state index in [9.17, 15) is 0 Å². The van der Waals surface area contributed by atoms with Gasteiger partial charge in [-0.1, -0.05) is 0 Å². The summed E-state index contributed by atoms with van der Waals surface area (Å²) in [6.07, 6.45) is 0. The molecule has 1 aromatic carbocycles. The first-order chi connectivity index (χ1) is 9.63. The number of methoxy groups -OCH3 is 2. The molecular formula is C14H15Br2NO2S. The van der Waals surface area contributed by atoms with Crippen molar-refractivity contribution in [3.8, 4) is 11.5 Å². The number of hydrogen-bond acceptors (Lipinski definition) is 4. The van der Waals surface area contributed by atoms with Crippen LogP contribution in [0.5, 0.6) is 11.5 Å². The molecule has 1 aromatic heterocycles. The summed E-state index contributed by atoms with van der Waals surface area (Å²) in [5, 5.41) is 5.51. The van der Waals surface area contributed by atoms with E-state index >= 15 is 0 Å². The van der Waals surface area contributed by atoms with Crippen LogP contribution in [0.4, 0.5) is 0 Å². The van der Waals surface area contributed by atoms with Gasteiger partial charge in [-0.3, -0.25) is 0 Å². The molecule has 0 aliphatic carbocycles. The molecule has 0 aliphatic heterocycles. The number of hydrogen-bond donors (Lipinski definition) is 1. The smallest absolute Gasteiger partial charge is 0.174 e. The molecule has 0 radical (unpaired) electrons. The Labute approximate surface area is 139 Å². The number of nitrogens with one attached hydrogen (secondary N) is 1. The summed E-state index contributed by atoms with van der Waals surface area (Å²) < 4.78 is 12.7. The van der Waals surface area contributed by atoms with Gasteiger partial charge in [0.25, 0.3) is 0 Å². The summed E-state index contributed by atoms with van der Waals surface area (Å²) in [7, 11) is 3.28. The van der Waals surface area contributed by atoms with Gasteiger partial charge in [-0.25, -0.2) is 0 Å². The van der Waals surface area contributed by atoms with Crippen LogP contribution in [-0.2, 0) is 13.1 Å². The van der Waals surface area contributed by atoms with Crippen molar-refractivity contribution in [2.24, 2.45) is 0 Å². The monoisotopic (exact) mass is 419 g/mol. The van der Waals surface area contributed by atoms with E-state index in [2.05, 4.69) is 48.6 Å². The van der Waals surface area contributed by atoms with Crippen molar-refractivity contribution in [2.45, 2.75) is 13.1 Å². The summed E-state index contributed by atoms with van der Waals surface area (Å²) >= 11 is 8.70. The number of benzene rings is 1. The second-order valence-corrected chi connectivity index (χ2v) is 6.91. The van der Waals surface area contributed by atoms with Gasteiger partial charge in [-0.05, 0) is 55.6 Å². The highest BCUT2D eigenvalue weighted by atomic mass is 79.9. The molecule has 0 amide bonds. The predicted octanol–water partition coefficient (Wildman–Crippen LogP) is 4.58. The Morgan fingerprint density at radius 3 is 2.50 bits per heavy atom. The molecule has 0 spiro atoms. The third-order valence-electron chi connectivity index (χ3n) is 2.74. The van der Waals surface area contributed by atoms with E-state index in [1.807, 2.05) is 12.1 Å². The van der Waals surface area contributed by atoms with Gasteiger partial charge in [-0.15, -0.1) is 11.3 Å². The van der Waals surface area contributed by atoms with E-state index in [4.69, 9.17) is 9.47 Å². The standard InChI is InChI=1S/C14H15Br2NO2S/c1-18-13-4-9(3-12(16)14(13)19-2)6-17-7-11-5-10(15)8-20-11/h3-5,8,17H,6-7H2,1-2H3. The topological polar surface area (TPSA) is 30.5 Å². The van der Waals surface area contributed by atoms with Crippen LogP contribution >= 0.6 is 43.2 Å². The van der Waals surface area contributed by atoms with Crippen molar-refractivity contribution in [3.05, 3.63) is 43.0 Å². The summed E-state index contributed by atoms with van der Waals surface area (Å²) in [4.78, 5) is 1.30. The van der Waals surface area contributed by atoms with Crippen LogP contribution in [-0.4, -0.2) is 14.2 Å². The van der Waals surface area contributed by atoms with E-state index < -0.39 is 0 Å². The molecule has 0 aliphatic rings. The minimum Gasteiger partial charge on any atom is -0.493 e. The first kappa shape index (κ1) is 15.8. The van der Waals surface area contributed by atoms with Crippen molar-refractivity contribution in [2.75, 3.05) is 14.2 Å². The molecule has 0 atom stereocenters. The largest absolute Gasteiger partial charge is 0.493 e. The number of halogens is 2. The maximum Gasteiger partial charge on any atom is 0.174 e. The molecule has 0 saturated carbocycles. The van der Waals surface area contributed by atoms with Crippen molar-refractivity contribution in [3.63, 3.8) is 0 Å². The van der Waals surface area contributed by atoms with Crippen molar-refractivity contribution < 1.29 is 9.47 Å². The van der Waals surface area contributed by atoms with Crippen molar-refractivity contribution in [1.82, 2.24) is 5.32 Å². The highest BCUT2D eigenvalue weighted by molar-refractivity contribution is 9.10. The van der Waals surface area contributed by atoms with Crippen molar-refractivity contribution >= 4 is 43.2 Å². The molecule has 108 valence electrons. The van der Waals surface area contributed by atoms with Gasteiger partial charge < -0.3 is 14.8 Å². The van der Waals surface area contributed by atoms with Crippen LogP contribution in [0.2, 0.25) is 0 Å². The van der Waals surface area contributed by atoms with E-state index in [-0.39, 0.29) is 0 Å². The summed E-state index contributed by atoms with van der Waals surface area (Å²) in [5.74, 6) is 1.45. The van der Waals surface area contributed by atoms with Gasteiger partial charge in [0, 0.05) is 27.8 Å². The predicted molar refractivity (Wildman–Crippen MR) is 89.8 cm³/mol. The Morgan fingerprint density at radius 1 is 1.10 bits per heavy atom. The molecule has 0 saturated heterocycles. The maximum atomic E-state index is 5.34. The van der Waals surface area contributed by atoms with Gasteiger partial charge >= 0.3 is 0 Å². The summed E-state index contributed by atoms with van der Waals surface area (Å²) in [5.41, 5.74) is 1.14. The van der Waals surface area contributed by atoms with Crippen LogP contribution in [0.15, 0.2) is 32.5 Å². The Balaban J connectivity index is 2.01. The molecular weight excluding hydrogens is 406 g/mol. The molecule has 0 bridgehead atoms. The van der Waals surface area contributed by atoms with E-state index in [0.29, 0.717) is 0 Å². The van der Waals surface area contributed by atoms with Crippen LogP contribution in [0.25, 0.3) is 0 Å². The molecule has 0 unspecified atom stereocenters. The molecule has 20 heavy (non-hydrogen) atoms. The fraction of sp³-hybridized carbons (Fsp3) is 0.286. The second-order valence-electron chi connectivity index (χ2n) is 4.15. The minimum absolute atomic E-state index is 0.721. The average Bonchev–Trinajstić information content (AvgIpc) is 2.83. The van der Waals surface area contributed by atoms with Crippen LogP contribution in [0, 0.1) is 0 Å². The molecule has 2 rings (SSSR count). The van der Waals surface area contributed by atoms with Gasteiger partial charge in [0.2, 0.25) is 0 Å². The SMILES string of the molecule is COc1cc(CNCc2cc(Br)cs2)cc(Br)c1OC. The zero-order valence-corrected chi connectivity index (χ0v) is 15.2. The van der Waals surface area contributed by atoms with Gasteiger partial charge in [0.1, 0.15) is 0 Å². The van der Waals surface area contributed by atoms with Crippen LogP contribution in [0.1, 0.15) is 10.4 Å². The maximum absolute atomic E-state index is 5.34.